The number of nitrogens with zero attached hydrogens (tertiary/aromatic N) is 3. The van der Waals surface area contributed by atoms with Crippen LogP contribution in [0, 0.1) is 0 Å². The van der Waals surface area contributed by atoms with E-state index < -0.39 is 5.97 Å². The Morgan fingerprint density at radius 2 is 2.17 bits per heavy atom. The van der Waals surface area contributed by atoms with Gasteiger partial charge in [-0.1, -0.05) is 0 Å². The van der Waals surface area contributed by atoms with E-state index in [0.717, 1.165) is 0 Å². The van der Waals surface area contributed by atoms with E-state index in [9.17, 15) is 9.59 Å². The fraction of sp³-hybridized carbons (Fsp3) is 0.583. The summed E-state index contributed by atoms with van der Waals surface area (Å²) in [7, 11) is 1.71. The highest BCUT2D eigenvalue weighted by Gasteiger charge is 2.20. The Morgan fingerprint density at radius 3 is 2.61 bits per heavy atom. The van der Waals surface area contributed by atoms with E-state index in [1.54, 1.807) is 24.2 Å². The first kappa shape index (κ1) is 14.2. The van der Waals surface area contributed by atoms with Gasteiger partial charge in [-0.15, -0.1) is 0 Å². The second-order valence-corrected chi connectivity index (χ2v) is 4.43. The molecule has 0 aliphatic carbocycles. The van der Waals surface area contributed by atoms with Gasteiger partial charge in [0.25, 0.3) is 5.91 Å². The normalized spacial score (nSPS) is 10.7. The molecular weight excluding hydrogens is 234 g/mol. The Labute approximate surface area is 106 Å². The average molecular weight is 253 g/mol. The fourth-order valence-corrected chi connectivity index (χ4v) is 1.73. The number of carboxylic acid groups (broad SMARTS) is 1. The van der Waals surface area contributed by atoms with Gasteiger partial charge in [0.2, 0.25) is 0 Å². The van der Waals surface area contributed by atoms with Gasteiger partial charge in [0.15, 0.2) is 0 Å². The van der Waals surface area contributed by atoms with E-state index in [1.165, 1.54) is 4.68 Å². The Bertz CT molecular complexity index is 426. The van der Waals surface area contributed by atoms with Crippen molar-refractivity contribution >= 4 is 11.9 Å². The maximum absolute atomic E-state index is 12.3. The van der Waals surface area contributed by atoms with Crippen LogP contribution in [0.5, 0.6) is 0 Å². The van der Waals surface area contributed by atoms with Crippen molar-refractivity contribution in [3.63, 3.8) is 0 Å². The van der Waals surface area contributed by atoms with Gasteiger partial charge in [0.1, 0.15) is 5.69 Å². The number of aromatic nitrogens is 2. The van der Waals surface area contributed by atoms with Crippen molar-refractivity contribution in [2.75, 3.05) is 6.54 Å². The quantitative estimate of drug-likeness (QED) is 0.824. The van der Waals surface area contributed by atoms with Crippen LogP contribution in [-0.4, -0.2) is 44.3 Å². The fourth-order valence-electron chi connectivity index (χ4n) is 1.73. The molecule has 0 spiro atoms. The van der Waals surface area contributed by atoms with Crippen LogP contribution in [0.3, 0.4) is 0 Å². The molecule has 0 saturated heterocycles. The number of hydrogen-bond donors (Lipinski definition) is 1. The van der Waals surface area contributed by atoms with Crippen molar-refractivity contribution in [3.8, 4) is 0 Å². The number of rotatable bonds is 6. The van der Waals surface area contributed by atoms with E-state index in [0.29, 0.717) is 18.7 Å². The lowest BCUT2D eigenvalue weighted by Crippen LogP contribution is -2.38. The summed E-state index contributed by atoms with van der Waals surface area (Å²) >= 11 is 0. The van der Waals surface area contributed by atoms with Crippen LogP contribution in [0.15, 0.2) is 12.3 Å². The maximum atomic E-state index is 12.3. The van der Waals surface area contributed by atoms with Crippen LogP contribution in [0.25, 0.3) is 0 Å². The number of amides is 1. The van der Waals surface area contributed by atoms with Crippen LogP contribution in [0.1, 0.15) is 37.2 Å². The summed E-state index contributed by atoms with van der Waals surface area (Å²) in [6, 6.07) is 1.69. The lowest BCUT2D eigenvalue weighted by Gasteiger charge is -2.26. The predicted molar refractivity (Wildman–Crippen MR) is 66.3 cm³/mol. The van der Waals surface area contributed by atoms with Crippen LogP contribution in [0.4, 0.5) is 0 Å². The van der Waals surface area contributed by atoms with Gasteiger partial charge in [0.05, 0.1) is 0 Å². The van der Waals surface area contributed by atoms with Gasteiger partial charge < -0.3 is 10.0 Å². The zero-order valence-electron chi connectivity index (χ0n) is 11.0. The van der Waals surface area contributed by atoms with Crippen LogP contribution >= 0.6 is 0 Å². The zero-order chi connectivity index (χ0) is 13.7. The van der Waals surface area contributed by atoms with Gasteiger partial charge in [-0.2, -0.15) is 5.10 Å². The molecule has 0 aliphatic rings. The van der Waals surface area contributed by atoms with Crippen molar-refractivity contribution < 1.29 is 14.7 Å². The lowest BCUT2D eigenvalue weighted by atomic mass is 10.2. The van der Waals surface area contributed by atoms with Gasteiger partial charge in [0, 0.05) is 32.3 Å². The Hall–Kier alpha value is -1.85. The minimum absolute atomic E-state index is 0.0289. The third kappa shape index (κ3) is 3.58. The highest BCUT2D eigenvalue weighted by atomic mass is 16.4. The second-order valence-electron chi connectivity index (χ2n) is 4.43. The average Bonchev–Trinajstić information content (AvgIpc) is 2.69. The van der Waals surface area contributed by atoms with E-state index in [2.05, 4.69) is 5.10 Å². The molecular formula is C12H19N3O3. The SMILES string of the molecule is CC(C)N(CCCC(=O)O)C(=O)c1ccnn1C. The molecule has 1 aromatic heterocycles. The first-order valence-electron chi connectivity index (χ1n) is 5.94. The van der Waals surface area contributed by atoms with E-state index in [4.69, 9.17) is 5.11 Å². The highest BCUT2D eigenvalue weighted by molar-refractivity contribution is 5.92. The van der Waals surface area contributed by atoms with Gasteiger partial charge >= 0.3 is 5.97 Å². The summed E-state index contributed by atoms with van der Waals surface area (Å²) < 4.78 is 1.52. The van der Waals surface area contributed by atoms with Crippen molar-refractivity contribution in [2.45, 2.75) is 32.7 Å². The molecule has 0 saturated carbocycles. The van der Waals surface area contributed by atoms with Crippen molar-refractivity contribution in [1.29, 1.82) is 0 Å². The molecule has 1 N–H and O–H groups in total. The minimum atomic E-state index is -0.841. The molecule has 0 radical (unpaired) electrons. The van der Waals surface area contributed by atoms with Crippen molar-refractivity contribution in [1.82, 2.24) is 14.7 Å². The second kappa shape index (κ2) is 6.18. The van der Waals surface area contributed by atoms with Crippen LogP contribution < -0.4 is 0 Å². The molecule has 0 aromatic carbocycles. The molecule has 1 amide bonds. The molecule has 0 fully saturated rings. The molecule has 1 heterocycles. The number of carbonyl (C=O) groups is 2. The largest absolute Gasteiger partial charge is 0.481 e. The molecule has 18 heavy (non-hydrogen) atoms. The first-order chi connectivity index (χ1) is 8.43. The van der Waals surface area contributed by atoms with E-state index >= 15 is 0 Å². The monoisotopic (exact) mass is 253 g/mol. The number of aryl methyl sites for hydroxylation is 1. The van der Waals surface area contributed by atoms with E-state index in [1.807, 2.05) is 13.8 Å². The van der Waals surface area contributed by atoms with Crippen LogP contribution in [0.2, 0.25) is 0 Å². The predicted octanol–water partition coefficient (Wildman–Crippen LogP) is 1.14. The molecule has 0 atom stereocenters. The highest BCUT2D eigenvalue weighted by Crippen LogP contribution is 2.09. The van der Waals surface area contributed by atoms with E-state index in [-0.39, 0.29) is 18.4 Å². The third-order valence-electron chi connectivity index (χ3n) is 2.71. The lowest BCUT2D eigenvalue weighted by molar-refractivity contribution is -0.137. The molecule has 0 unspecified atom stereocenters. The Morgan fingerprint density at radius 1 is 1.50 bits per heavy atom. The van der Waals surface area contributed by atoms with Gasteiger partial charge in [-0.25, -0.2) is 0 Å². The Balaban J connectivity index is 2.70. The summed E-state index contributed by atoms with van der Waals surface area (Å²) in [5.74, 6) is -0.956. The number of aliphatic carboxylic acids is 1. The third-order valence-corrected chi connectivity index (χ3v) is 2.71. The number of carbonyl (C=O) groups excluding carboxylic acids is 1. The maximum Gasteiger partial charge on any atom is 0.303 e. The minimum Gasteiger partial charge on any atom is -0.481 e. The summed E-state index contributed by atoms with van der Waals surface area (Å²) in [6.45, 7) is 4.26. The van der Waals surface area contributed by atoms with Crippen molar-refractivity contribution in [3.05, 3.63) is 18.0 Å². The van der Waals surface area contributed by atoms with Crippen LogP contribution in [-0.2, 0) is 11.8 Å². The Kier molecular flexibility index (Phi) is 4.88. The molecule has 6 nitrogen and oxygen atoms in total. The standard InChI is InChI=1S/C12H19N3O3/c1-9(2)15(8-4-5-11(16)17)12(18)10-6-7-13-14(10)3/h6-7,9H,4-5,8H2,1-3H3,(H,16,17). The molecule has 0 aliphatic heterocycles. The smallest absolute Gasteiger partial charge is 0.303 e. The molecule has 6 heteroatoms. The van der Waals surface area contributed by atoms with Crippen molar-refractivity contribution in [2.24, 2.45) is 7.05 Å². The molecule has 1 rings (SSSR count). The summed E-state index contributed by atoms with van der Waals surface area (Å²) in [5, 5.41) is 12.6. The summed E-state index contributed by atoms with van der Waals surface area (Å²) in [5.41, 5.74) is 0.513. The summed E-state index contributed by atoms with van der Waals surface area (Å²) in [6.07, 6.45) is 2.10. The summed E-state index contributed by atoms with van der Waals surface area (Å²) in [4.78, 5) is 24.4. The van der Waals surface area contributed by atoms with Gasteiger partial charge in [-0.3, -0.25) is 14.3 Å². The zero-order valence-corrected chi connectivity index (χ0v) is 11.0. The number of carboxylic acids is 1. The molecule has 0 bridgehead atoms. The first-order valence-corrected chi connectivity index (χ1v) is 5.94. The number of hydrogen-bond acceptors (Lipinski definition) is 3. The molecule has 100 valence electrons. The topological polar surface area (TPSA) is 75.4 Å². The molecule has 1 aromatic rings. The van der Waals surface area contributed by atoms with Gasteiger partial charge in [-0.05, 0) is 26.3 Å².